The summed E-state index contributed by atoms with van der Waals surface area (Å²) in [5.74, 6) is -0.326. The number of hydrogen-bond donors (Lipinski definition) is 1. The molecule has 1 fully saturated rings. The second kappa shape index (κ2) is 6.74. The maximum atomic E-state index is 12.2. The molecule has 2 amide bonds. The highest BCUT2D eigenvalue weighted by atomic mass is 32.2. The van der Waals surface area contributed by atoms with E-state index in [9.17, 15) is 9.59 Å². The smallest absolute Gasteiger partial charge is 0.262 e. The number of likely N-dealkylation sites (tertiary alicyclic amines) is 1. The molecule has 1 atom stereocenters. The fraction of sp³-hybridized carbons (Fsp3) is 0.471. The summed E-state index contributed by atoms with van der Waals surface area (Å²) >= 11 is 1.43. The number of thioether (sulfide) groups is 1. The van der Waals surface area contributed by atoms with E-state index in [1.807, 2.05) is 32.0 Å². The summed E-state index contributed by atoms with van der Waals surface area (Å²) in [5.41, 5.74) is 2.99. The van der Waals surface area contributed by atoms with E-state index < -0.39 is 5.25 Å². The van der Waals surface area contributed by atoms with Crippen LogP contribution in [0.1, 0.15) is 30.4 Å². The first kappa shape index (κ1) is 16.1. The molecule has 1 saturated heterocycles. The minimum atomic E-state index is -0.392. The van der Waals surface area contributed by atoms with Gasteiger partial charge in [0.15, 0.2) is 5.17 Å². The van der Waals surface area contributed by atoms with Crippen LogP contribution in [0.4, 0.5) is 5.69 Å². The summed E-state index contributed by atoms with van der Waals surface area (Å²) in [6, 6.07) is 5.89. The average molecular weight is 331 g/mol. The van der Waals surface area contributed by atoms with Crippen LogP contribution < -0.4 is 5.32 Å². The van der Waals surface area contributed by atoms with Crippen molar-refractivity contribution >= 4 is 34.4 Å². The van der Waals surface area contributed by atoms with E-state index in [1.165, 1.54) is 11.8 Å². The van der Waals surface area contributed by atoms with Crippen molar-refractivity contribution in [2.24, 2.45) is 4.99 Å². The van der Waals surface area contributed by atoms with Crippen molar-refractivity contribution < 1.29 is 9.59 Å². The molecule has 122 valence electrons. The topological polar surface area (TPSA) is 61.8 Å². The van der Waals surface area contributed by atoms with Gasteiger partial charge in [0.1, 0.15) is 5.25 Å². The second-order valence-corrected chi connectivity index (χ2v) is 7.27. The van der Waals surface area contributed by atoms with Crippen molar-refractivity contribution in [3.05, 3.63) is 29.3 Å². The van der Waals surface area contributed by atoms with Crippen molar-refractivity contribution in [3.8, 4) is 0 Å². The lowest BCUT2D eigenvalue weighted by atomic mass is 10.1. The van der Waals surface area contributed by atoms with Gasteiger partial charge in [-0.25, -0.2) is 0 Å². The van der Waals surface area contributed by atoms with E-state index in [2.05, 4.69) is 15.2 Å². The lowest BCUT2D eigenvalue weighted by Crippen LogP contribution is -2.25. The molecule has 23 heavy (non-hydrogen) atoms. The van der Waals surface area contributed by atoms with Gasteiger partial charge < -0.3 is 10.2 Å². The van der Waals surface area contributed by atoms with Gasteiger partial charge in [-0.05, 0) is 38.3 Å². The zero-order valence-electron chi connectivity index (χ0n) is 13.5. The Kier molecular flexibility index (Phi) is 4.71. The zero-order valence-corrected chi connectivity index (χ0v) is 14.3. The van der Waals surface area contributed by atoms with Crippen LogP contribution in [0.15, 0.2) is 23.2 Å². The van der Waals surface area contributed by atoms with Crippen molar-refractivity contribution in [1.29, 1.82) is 0 Å². The van der Waals surface area contributed by atoms with E-state index in [-0.39, 0.29) is 18.2 Å². The monoisotopic (exact) mass is 331 g/mol. The maximum Gasteiger partial charge on any atom is 0.262 e. The van der Waals surface area contributed by atoms with Crippen LogP contribution in [0.5, 0.6) is 0 Å². The zero-order chi connectivity index (χ0) is 16.4. The Hall–Kier alpha value is -1.82. The van der Waals surface area contributed by atoms with Crippen LogP contribution >= 0.6 is 11.8 Å². The highest BCUT2D eigenvalue weighted by molar-refractivity contribution is 8.15. The summed E-state index contributed by atoms with van der Waals surface area (Å²) in [6.45, 7) is 5.90. The molecule has 0 saturated carbocycles. The maximum absolute atomic E-state index is 12.2. The van der Waals surface area contributed by atoms with Gasteiger partial charge in [-0.2, -0.15) is 4.99 Å². The molecule has 1 aromatic rings. The summed E-state index contributed by atoms with van der Waals surface area (Å²) in [5, 5.41) is 3.30. The van der Waals surface area contributed by atoms with Crippen molar-refractivity contribution in [1.82, 2.24) is 4.90 Å². The Morgan fingerprint density at radius 1 is 1.35 bits per heavy atom. The number of nitrogens with zero attached hydrogens (tertiary/aromatic N) is 2. The van der Waals surface area contributed by atoms with Crippen LogP contribution in [-0.2, 0) is 9.59 Å². The van der Waals surface area contributed by atoms with Gasteiger partial charge in [-0.15, -0.1) is 0 Å². The molecule has 0 unspecified atom stereocenters. The number of anilines is 1. The van der Waals surface area contributed by atoms with Crippen molar-refractivity contribution in [2.75, 3.05) is 18.4 Å². The first-order chi connectivity index (χ1) is 11.0. The number of amidine groups is 1. The van der Waals surface area contributed by atoms with Gasteiger partial charge in [0, 0.05) is 25.2 Å². The third-order valence-electron chi connectivity index (χ3n) is 4.13. The van der Waals surface area contributed by atoms with Crippen molar-refractivity contribution in [3.63, 3.8) is 0 Å². The molecule has 2 heterocycles. The van der Waals surface area contributed by atoms with Crippen LogP contribution in [-0.4, -0.2) is 40.2 Å². The predicted molar refractivity (Wildman–Crippen MR) is 93.8 cm³/mol. The van der Waals surface area contributed by atoms with Gasteiger partial charge in [0.2, 0.25) is 5.91 Å². The molecule has 2 aliphatic rings. The number of nitrogens with one attached hydrogen (secondary N) is 1. The Bertz CT molecular complexity index is 666. The van der Waals surface area contributed by atoms with E-state index in [0.717, 1.165) is 47.9 Å². The molecule has 2 aliphatic heterocycles. The Labute approximate surface area is 140 Å². The third kappa shape index (κ3) is 3.75. The number of hydrogen-bond acceptors (Lipinski definition) is 4. The summed E-state index contributed by atoms with van der Waals surface area (Å²) in [7, 11) is 0. The normalized spacial score (nSPS) is 20.8. The number of carbonyl (C=O) groups is 2. The summed E-state index contributed by atoms with van der Waals surface area (Å²) in [4.78, 5) is 30.5. The average Bonchev–Trinajstić information content (AvgIpc) is 3.13. The van der Waals surface area contributed by atoms with E-state index in [1.54, 1.807) is 0 Å². The number of benzene rings is 1. The molecule has 1 aromatic carbocycles. The molecule has 0 spiro atoms. The van der Waals surface area contributed by atoms with Gasteiger partial charge in [0.25, 0.3) is 5.91 Å². The van der Waals surface area contributed by atoms with Crippen LogP contribution in [0.2, 0.25) is 0 Å². The third-order valence-corrected chi connectivity index (χ3v) is 5.35. The van der Waals surface area contributed by atoms with Gasteiger partial charge >= 0.3 is 0 Å². The highest BCUT2D eigenvalue weighted by Crippen LogP contribution is 2.29. The number of aliphatic imine (C=N–C) groups is 1. The largest absolute Gasteiger partial charge is 0.351 e. The molecule has 1 N–H and O–H groups in total. The number of aryl methyl sites for hydroxylation is 2. The molecule has 0 radical (unpaired) electrons. The molecule has 6 heteroatoms. The second-order valence-electron chi connectivity index (χ2n) is 6.10. The fourth-order valence-corrected chi connectivity index (χ4v) is 3.99. The Balaban J connectivity index is 1.57. The molecule has 0 aliphatic carbocycles. The Morgan fingerprint density at radius 3 is 2.78 bits per heavy atom. The molecule has 0 bridgehead atoms. The Morgan fingerprint density at radius 2 is 2.09 bits per heavy atom. The lowest BCUT2D eigenvalue weighted by Gasteiger charge is -2.16. The van der Waals surface area contributed by atoms with Crippen LogP contribution in [0.25, 0.3) is 0 Å². The minimum Gasteiger partial charge on any atom is -0.351 e. The molecule has 5 nitrogen and oxygen atoms in total. The molecule has 0 aromatic heterocycles. The summed E-state index contributed by atoms with van der Waals surface area (Å²) in [6.07, 6.45) is 2.45. The first-order valence-corrected chi connectivity index (χ1v) is 8.82. The number of amides is 2. The van der Waals surface area contributed by atoms with E-state index in [4.69, 9.17) is 0 Å². The van der Waals surface area contributed by atoms with Gasteiger partial charge in [-0.3, -0.25) is 9.59 Å². The lowest BCUT2D eigenvalue weighted by molar-refractivity contribution is -0.121. The quantitative estimate of drug-likeness (QED) is 0.925. The van der Waals surface area contributed by atoms with Crippen molar-refractivity contribution in [2.45, 2.75) is 38.4 Å². The standard InChI is InChI=1S/C17H21N3O2S/c1-11-5-6-13(12(2)9-11)18-15(21)10-14-16(22)19-17(23-14)20-7-3-4-8-20/h5-6,9,14H,3-4,7-8,10H2,1-2H3,(H,18,21)/t14-/m0/s1. The fourth-order valence-electron chi connectivity index (χ4n) is 2.88. The number of rotatable bonds is 3. The van der Waals surface area contributed by atoms with Gasteiger partial charge in [0.05, 0.1) is 0 Å². The van der Waals surface area contributed by atoms with E-state index >= 15 is 0 Å². The predicted octanol–water partition coefficient (Wildman–Crippen LogP) is 2.73. The summed E-state index contributed by atoms with van der Waals surface area (Å²) < 4.78 is 0. The van der Waals surface area contributed by atoms with Crippen LogP contribution in [0.3, 0.4) is 0 Å². The first-order valence-electron chi connectivity index (χ1n) is 7.94. The highest BCUT2D eigenvalue weighted by Gasteiger charge is 2.33. The van der Waals surface area contributed by atoms with Gasteiger partial charge in [-0.1, -0.05) is 29.5 Å². The molecule has 3 rings (SSSR count). The minimum absolute atomic E-state index is 0.138. The molecular formula is C17H21N3O2S. The molecular weight excluding hydrogens is 310 g/mol. The van der Waals surface area contributed by atoms with E-state index in [0.29, 0.717) is 0 Å². The SMILES string of the molecule is Cc1ccc(NC(=O)C[C@@H]2SC(N3CCCC3)=NC2=O)c(C)c1. The van der Waals surface area contributed by atoms with Crippen LogP contribution in [0, 0.1) is 13.8 Å². The number of carbonyl (C=O) groups excluding carboxylic acids is 2.